The molecule has 0 spiro atoms. The standard InChI is InChI=1S/C21H29N3O4/c1-23-17(13-22-19(23)16-7-4-3-5-8-16)20(27)24-11-9-18(26)21(14-24,15-25)10-6-12-28-2/h3-5,7-8,13,18,25-26H,6,9-12,14-15H2,1-2H3/t18-,21+/m1/s1. The fourth-order valence-corrected chi connectivity index (χ4v) is 4.00. The third-order valence-electron chi connectivity index (χ3n) is 5.75. The van der Waals surface area contributed by atoms with E-state index < -0.39 is 11.5 Å². The average molecular weight is 387 g/mol. The lowest BCUT2D eigenvalue weighted by atomic mass is 9.74. The number of ether oxygens (including phenoxy) is 1. The second kappa shape index (κ2) is 8.86. The number of aromatic nitrogens is 2. The number of carbonyl (C=O) groups excluding carboxylic acids is 1. The van der Waals surface area contributed by atoms with Crippen molar-refractivity contribution in [1.82, 2.24) is 14.5 Å². The number of methoxy groups -OCH3 is 1. The molecule has 2 N–H and O–H groups in total. The SMILES string of the molecule is COCCC[C@@]1(CO)CN(C(=O)c2cnc(-c3ccccc3)n2C)CC[C@H]1O. The number of nitrogens with zero attached hydrogens (tertiary/aromatic N) is 3. The summed E-state index contributed by atoms with van der Waals surface area (Å²) in [4.78, 5) is 19.3. The van der Waals surface area contributed by atoms with E-state index in [1.54, 1.807) is 22.8 Å². The van der Waals surface area contributed by atoms with Crippen molar-refractivity contribution >= 4 is 5.91 Å². The first kappa shape index (κ1) is 20.5. The predicted molar refractivity (Wildman–Crippen MR) is 106 cm³/mol. The van der Waals surface area contributed by atoms with Crippen LogP contribution in [-0.4, -0.2) is 70.1 Å². The van der Waals surface area contributed by atoms with Crippen LogP contribution in [0.1, 0.15) is 29.8 Å². The molecule has 0 unspecified atom stereocenters. The van der Waals surface area contributed by atoms with E-state index >= 15 is 0 Å². The van der Waals surface area contributed by atoms with Crippen LogP contribution in [0, 0.1) is 5.41 Å². The van der Waals surface area contributed by atoms with Gasteiger partial charge in [-0.2, -0.15) is 0 Å². The van der Waals surface area contributed by atoms with Crippen LogP contribution in [0.4, 0.5) is 0 Å². The van der Waals surface area contributed by atoms with E-state index in [0.29, 0.717) is 38.2 Å². The van der Waals surface area contributed by atoms with Gasteiger partial charge in [0.05, 0.1) is 18.9 Å². The lowest BCUT2D eigenvalue weighted by molar-refractivity contribution is -0.0746. The summed E-state index contributed by atoms with van der Waals surface area (Å²) in [7, 11) is 3.46. The van der Waals surface area contributed by atoms with Gasteiger partial charge >= 0.3 is 0 Å². The Hall–Kier alpha value is -2.22. The van der Waals surface area contributed by atoms with Gasteiger partial charge in [-0.1, -0.05) is 30.3 Å². The normalized spacial score (nSPS) is 22.4. The molecule has 1 aromatic carbocycles. The van der Waals surface area contributed by atoms with E-state index in [2.05, 4.69) is 4.98 Å². The van der Waals surface area contributed by atoms with Crippen LogP contribution in [0.2, 0.25) is 0 Å². The van der Waals surface area contributed by atoms with Crippen molar-refractivity contribution in [3.05, 3.63) is 42.2 Å². The topological polar surface area (TPSA) is 87.8 Å². The lowest BCUT2D eigenvalue weighted by Gasteiger charge is -2.45. The second-order valence-corrected chi connectivity index (χ2v) is 7.54. The van der Waals surface area contributed by atoms with Crippen LogP contribution in [0.25, 0.3) is 11.4 Å². The molecule has 2 atom stereocenters. The average Bonchev–Trinajstić information content (AvgIpc) is 3.11. The Morgan fingerprint density at radius 3 is 2.79 bits per heavy atom. The van der Waals surface area contributed by atoms with Crippen LogP contribution in [0.5, 0.6) is 0 Å². The van der Waals surface area contributed by atoms with E-state index in [-0.39, 0.29) is 12.5 Å². The summed E-state index contributed by atoms with van der Waals surface area (Å²) in [5, 5.41) is 20.6. The van der Waals surface area contributed by atoms with Crippen LogP contribution < -0.4 is 0 Å². The summed E-state index contributed by atoms with van der Waals surface area (Å²) >= 11 is 0. The number of hydrogen-bond acceptors (Lipinski definition) is 5. The fraction of sp³-hybridized carbons (Fsp3) is 0.524. The third kappa shape index (κ3) is 3.97. The number of aliphatic hydroxyl groups excluding tert-OH is 2. The van der Waals surface area contributed by atoms with E-state index in [9.17, 15) is 15.0 Å². The number of likely N-dealkylation sites (tertiary alicyclic amines) is 1. The predicted octanol–water partition coefficient (Wildman–Crippen LogP) is 1.70. The lowest BCUT2D eigenvalue weighted by Crippen LogP contribution is -2.55. The van der Waals surface area contributed by atoms with Crippen molar-refractivity contribution in [2.45, 2.75) is 25.4 Å². The van der Waals surface area contributed by atoms with Gasteiger partial charge in [-0.25, -0.2) is 4.98 Å². The molecule has 1 amide bonds. The molecule has 0 bridgehead atoms. The maximum atomic E-state index is 13.2. The highest BCUT2D eigenvalue weighted by Crippen LogP contribution is 2.35. The molecule has 7 nitrogen and oxygen atoms in total. The van der Waals surface area contributed by atoms with E-state index in [4.69, 9.17) is 4.74 Å². The number of benzene rings is 1. The van der Waals surface area contributed by atoms with E-state index in [1.165, 1.54) is 0 Å². The number of imidazole rings is 1. The maximum Gasteiger partial charge on any atom is 0.272 e. The van der Waals surface area contributed by atoms with Crippen LogP contribution in [0.3, 0.4) is 0 Å². The van der Waals surface area contributed by atoms with Crippen molar-refractivity contribution in [1.29, 1.82) is 0 Å². The minimum absolute atomic E-state index is 0.131. The Morgan fingerprint density at radius 1 is 1.36 bits per heavy atom. The second-order valence-electron chi connectivity index (χ2n) is 7.54. The van der Waals surface area contributed by atoms with Gasteiger partial charge in [0.15, 0.2) is 0 Å². The number of aliphatic hydroxyl groups is 2. The van der Waals surface area contributed by atoms with Crippen LogP contribution in [0.15, 0.2) is 36.5 Å². The van der Waals surface area contributed by atoms with Gasteiger partial charge in [0, 0.05) is 44.8 Å². The maximum absolute atomic E-state index is 13.2. The Balaban J connectivity index is 1.80. The smallest absolute Gasteiger partial charge is 0.272 e. The van der Waals surface area contributed by atoms with E-state index in [0.717, 1.165) is 17.8 Å². The molecule has 7 heteroatoms. The number of hydrogen-bond donors (Lipinski definition) is 2. The minimum atomic E-state index is -0.715. The molecule has 2 heterocycles. The molecule has 1 aliphatic rings. The summed E-state index contributed by atoms with van der Waals surface area (Å²) in [6.45, 7) is 1.17. The largest absolute Gasteiger partial charge is 0.396 e. The molecule has 152 valence electrons. The molecule has 1 aromatic heterocycles. The molecule has 3 rings (SSSR count). The molecule has 1 fully saturated rings. The molecule has 1 aliphatic heterocycles. The number of amides is 1. The number of piperidine rings is 1. The highest BCUT2D eigenvalue weighted by molar-refractivity contribution is 5.93. The summed E-state index contributed by atoms with van der Waals surface area (Å²) < 4.78 is 6.91. The van der Waals surface area contributed by atoms with Gasteiger partial charge in [0.2, 0.25) is 0 Å². The first-order valence-corrected chi connectivity index (χ1v) is 9.66. The quantitative estimate of drug-likeness (QED) is 0.706. The van der Waals surface area contributed by atoms with Crippen molar-refractivity contribution in [2.24, 2.45) is 12.5 Å². The van der Waals surface area contributed by atoms with Crippen molar-refractivity contribution in [3.8, 4) is 11.4 Å². The molecule has 0 saturated carbocycles. The molecule has 0 aliphatic carbocycles. The zero-order chi connectivity index (χ0) is 20.1. The van der Waals surface area contributed by atoms with Crippen molar-refractivity contribution in [3.63, 3.8) is 0 Å². The monoisotopic (exact) mass is 387 g/mol. The Morgan fingerprint density at radius 2 is 2.11 bits per heavy atom. The van der Waals surface area contributed by atoms with Gasteiger partial charge < -0.3 is 24.4 Å². The van der Waals surface area contributed by atoms with Gasteiger partial charge in [-0.05, 0) is 19.3 Å². The first-order valence-electron chi connectivity index (χ1n) is 9.66. The highest BCUT2D eigenvalue weighted by Gasteiger charge is 2.43. The number of rotatable bonds is 7. The summed E-state index contributed by atoms with van der Waals surface area (Å²) in [6.07, 6.45) is 2.73. The highest BCUT2D eigenvalue weighted by atomic mass is 16.5. The number of carbonyl (C=O) groups is 1. The van der Waals surface area contributed by atoms with Crippen LogP contribution in [-0.2, 0) is 11.8 Å². The molecule has 2 aromatic rings. The van der Waals surface area contributed by atoms with Crippen molar-refractivity contribution < 1.29 is 19.7 Å². The van der Waals surface area contributed by atoms with Gasteiger partial charge in [-0.15, -0.1) is 0 Å². The minimum Gasteiger partial charge on any atom is -0.396 e. The molecule has 0 radical (unpaired) electrons. The zero-order valence-corrected chi connectivity index (χ0v) is 16.5. The fourth-order valence-electron chi connectivity index (χ4n) is 4.00. The summed E-state index contributed by atoms with van der Waals surface area (Å²) in [6, 6.07) is 9.73. The molecule has 1 saturated heterocycles. The van der Waals surface area contributed by atoms with Gasteiger partial charge in [0.1, 0.15) is 11.5 Å². The van der Waals surface area contributed by atoms with Gasteiger partial charge in [0.25, 0.3) is 5.91 Å². The Bertz CT molecular complexity index is 792. The van der Waals surface area contributed by atoms with Gasteiger partial charge in [-0.3, -0.25) is 4.79 Å². The zero-order valence-electron chi connectivity index (χ0n) is 16.5. The first-order chi connectivity index (χ1) is 13.5. The third-order valence-corrected chi connectivity index (χ3v) is 5.75. The molecular formula is C21H29N3O4. The molecular weight excluding hydrogens is 358 g/mol. The van der Waals surface area contributed by atoms with Crippen molar-refractivity contribution in [2.75, 3.05) is 33.4 Å². The molecule has 28 heavy (non-hydrogen) atoms. The van der Waals surface area contributed by atoms with Crippen LogP contribution >= 0.6 is 0 Å². The Kier molecular flexibility index (Phi) is 6.49. The summed E-state index contributed by atoms with van der Waals surface area (Å²) in [5.74, 6) is 0.600. The van der Waals surface area contributed by atoms with E-state index in [1.807, 2.05) is 37.4 Å². The summed E-state index contributed by atoms with van der Waals surface area (Å²) in [5.41, 5.74) is 0.731. The Labute approximate surface area is 165 Å².